The molecule has 8 heteroatoms. The first kappa shape index (κ1) is 25.3. The zero-order valence-electron chi connectivity index (χ0n) is 20.0. The fourth-order valence-electron chi connectivity index (χ4n) is 4.20. The minimum absolute atomic E-state index is 0.0548. The quantitative estimate of drug-likeness (QED) is 0.413. The van der Waals surface area contributed by atoms with Crippen LogP contribution in [0.5, 0.6) is 5.75 Å². The second kappa shape index (κ2) is 11.8. The second-order valence-electron chi connectivity index (χ2n) is 8.57. The van der Waals surface area contributed by atoms with E-state index in [-0.39, 0.29) is 24.1 Å². The standard InChI is InChI=1S/C28H28FN3O3S/c1-35-24-13-7-21(8-14-24)15-17-31-25(19-26(33)30-23-11-9-22(29)10-12-23)27(34)32(28(31)36)18-16-20-5-3-2-4-6-20/h2-14,25H,15-19H2,1H3,(H,30,33). The molecule has 3 aromatic carbocycles. The average Bonchev–Trinajstić information content (AvgIpc) is 3.11. The van der Waals surface area contributed by atoms with Crippen LogP contribution in [0.25, 0.3) is 0 Å². The summed E-state index contributed by atoms with van der Waals surface area (Å²) in [5, 5.41) is 3.19. The molecule has 36 heavy (non-hydrogen) atoms. The van der Waals surface area contributed by atoms with E-state index in [4.69, 9.17) is 17.0 Å². The number of thiocarbonyl (C=S) groups is 1. The summed E-state index contributed by atoms with van der Waals surface area (Å²) in [7, 11) is 1.62. The third-order valence-electron chi connectivity index (χ3n) is 6.18. The molecule has 1 fully saturated rings. The largest absolute Gasteiger partial charge is 0.497 e. The van der Waals surface area contributed by atoms with Gasteiger partial charge < -0.3 is 15.0 Å². The number of amides is 2. The third kappa shape index (κ3) is 6.26. The summed E-state index contributed by atoms with van der Waals surface area (Å²) in [5.41, 5.74) is 2.65. The molecule has 2 amide bonds. The molecule has 6 nitrogen and oxygen atoms in total. The van der Waals surface area contributed by atoms with Crippen LogP contribution in [-0.2, 0) is 22.4 Å². The van der Waals surface area contributed by atoms with Gasteiger partial charge in [0.25, 0.3) is 5.91 Å². The molecule has 0 spiro atoms. The SMILES string of the molecule is COc1ccc(CCN2C(=S)N(CCc3ccccc3)C(=O)C2CC(=O)Nc2ccc(F)cc2)cc1. The lowest BCUT2D eigenvalue weighted by molar-refractivity contribution is -0.130. The first-order chi connectivity index (χ1) is 17.4. The van der Waals surface area contributed by atoms with Crippen molar-refractivity contribution in [2.45, 2.75) is 25.3 Å². The highest BCUT2D eigenvalue weighted by Crippen LogP contribution is 2.23. The lowest BCUT2D eigenvalue weighted by atomic mass is 10.1. The first-order valence-corrected chi connectivity index (χ1v) is 12.2. The van der Waals surface area contributed by atoms with Gasteiger partial charge in [-0.05, 0) is 72.6 Å². The minimum Gasteiger partial charge on any atom is -0.497 e. The molecule has 1 aliphatic heterocycles. The van der Waals surface area contributed by atoms with Crippen LogP contribution in [-0.4, -0.2) is 53.0 Å². The maximum Gasteiger partial charge on any atom is 0.252 e. The summed E-state index contributed by atoms with van der Waals surface area (Å²) < 4.78 is 18.4. The lowest BCUT2D eigenvalue weighted by Crippen LogP contribution is -2.39. The van der Waals surface area contributed by atoms with Gasteiger partial charge in [-0.15, -0.1) is 0 Å². The Morgan fingerprint density at radius 2 is 1.58 bits per heavy atom. The van der Waals surface area contributed by atoms with Gasteiger partial charge in [0.15, 0.2) is 5.11 Å². The van der Waals surface area contributed by atoms with Crippen molar-refractivity contribution in [2.75, 3.05) is 25.5 Å². The van der Waals surface area contributed by atoms with Crippen molar-refractivity contribution in [2.24, 2.45) is 0 Å². The molecule has 0 radical (unpaired) electrons. The monoisotopic (exact) mass is 505 g/mol. The fraction of sp³-hybridized carbons (Fsp3) is 0.250. The number of hydrogen-bond donors (Lipinski definition) is 1. The van der Waals surface area contributed by atoms with Gasteiger partial charge in [0, 0.05) is 18.8 Å². The van der Waals surface area contributed by atoms with Crippen molar-refractivity contribution in [1.29, 1.82) is 0 Å². The number of hydrogen-bond acceptors (Lipinski definition) is 4. The molecule has 1 heterocycles. The number of benzene rings is 3. The van der Waals surface area contributed by atoms with E-state index in [9.17, 15) is 14.0 Å². The van der Waals surface area contributed by atoms with Gasteiger partial charge >= 0.3 is 0 Å². The van der Waals surface area contributed by atoms with E-state index in [1.54, 1.807) is 12.0 Å². The molecule has 1 atom stereocenters. The molecule has 186 valence electrons. The second-order valence-corrected chi connectivity index (χ2v) is 8.94. The van der Waals surface area contributed by atoms with Crippen molar-refractivity contribution in [3.05, 3.63) is 95.8 Å². The van der Waals surface area contributed by atoms with Crippen molar-refractivity contribution < 1.29 is 18.7 Å². The normalized spacial score (nSPS) is 15.3. The van der Waals surface area contributed by atoms with E-state index in [0.717, 1.165) is 16.9 Å². The Morgan fingerprint density at radius 3 is 2.25 bits per heavy atom. The molecule has 0 aliphatic carbocycles. The Balaban J connectivity index is 1.47. The van der Waals surface area contributed by atoms with Gasteiger partial charge in [0.05, 0.1) is 13.5 Å². The summed E-state index contributed by atoms with van der Waals surface area (Å²) in [6.45, 7) is 0.935. The molecule has 0 saturated carbocycles. The molecule has 0 aromatic heterocycles. The molecular formula is C28H28FN3O3S. The topological polar surface area (TPSA) is 61.9 Å². The number of halogens is 1. The number of ether oxygens (including phenoxy) is 1. The number of anilines is 1. The Labute approximate surface area is 215 Å². The van der Waals surface area contributed by atoms with Crippen molar-refractivity contribution in [3.8, 4) is 5.75 Å². The van der Waals surface area contributed by atoms with Crippen LogP contribution < -0.4 is 10.1 Å². The molecule has 1 N–H and O–H groups in total. The highest BCUT2D eigenvalue weighted by atomic mass is 32.1. The highest BCUT2D eigenvalue weighted by molar-refractivity contribution is 7.80. The summed E-state index contributed by atoms with van der Waals surface area (Å²) in [6.07, 6.45) is 1.26. The van der Waals surface area contributed by atoms with E-state index >= 15 is 0 Å². The van der Waals surface area contributed by atoms with Gasteiger partial charge in [0.1, 0.15) is 17.6 Å². The van der Waals surface area contributed by atoms with Gasteiger partial charge in [-0.1, -0.05) is 42.5 Å². The molecular weight excluding hydrogens is 477 g/mol. The Morgan fingerprint density at radius 1 is 0.944 bits per heavy atom. The zero-order chi connectivity index (χ0) is 25.5. The fourth-order valence-corrected chi connectivity index (χ4v) is 4.60. The number of nitrogens with one attached hydrogen (secondary N) is 1. The van der Waals surface area contributed by atoms with E-state index in [0.29, 0.717) is 36.7 Å². The third-order valence-corrected chi connectivity index (χ3v) is 6.63. The van der Waals surface area contributed by atoms with Crippen molar-refractivity contribution in [1.82, 2.24) is 9.80 Å². The van der Waals surface area contributed by atoms with Crippen LogP contribution in [0, 0.1) is 5.82 Å². The molecule has 1 unspecified atom stereocenters. The van der Waals surface area contributed by atoms with Crippen LogP contribution in [0.15, 0.2) is 78.9 Å². The number of methoxy groups -OCH3 is 1. The van der Waals surface area contributed by atoms with E-state index in [2.05, 4.69) is 5.32 Å². The first-order valence-electron chi connectivity index (χ1n) is 11.8. The van der Waals surface area contributed by atoms with Crippen LogP contribution in [0.2, 0.25) is 0 Å². The summed E-state index contributed by atoms with van der Waals surface area (Å²) >= 11 is 5.72. The number of nitrogens with zero attached hydrogens (tertiary/aromatic N) is 2. The maximum absolute atomic E-state index is 13.4. The van der Waals surface area contributed by atoms with E-state index in [1.807, 2.05) is 59.5 Å². The lowest BCUT2D eigenvalue weighted by Gasteiger charge is -2.24. The zero-order valence-corrected chi connectivity index (χ0v) is 20.8. The molecule has 0 bridgehead atoms. The van der Waals surface area contributed by atoms with Crippen LogP contribution in [0.4, 0.5) is 10.1 Å². The van der Waals surface area contributed by atoms with Gasteiger partial charge in [-0.2, -0.15) is 0 Å². The van der Waals surface area contributed by atoms with Gasteiger partial charge in [-0.25, -0.2) is 4.39 Å². The molecule has 1 saturated heterocycles. The van der Waals surface area contributed by atoms with Crippen LogP contribution >= 0.6 is 12.2 Å². The molecule has 4 rings (SSSR count). The molecule has 3 aromatic rings. The van der Waals surface area contributed by atoms with Crippen molar-refractivity contribution >= 4 is 34.8 Å². The van der Waals surface area contributed by atoms with Crippen LogP contribution in [0.3, 0.4) is 0 Å². The predicted octanol–water partition coefficient (Wildman–Crippen LogP) is 4.45. The minimum atomic E-state index is -0.702. The predicted molar refractivity (Wildman–Crippen MR) is 141 cm³/mol. The van der Waals surface area contributed by atoms with Crippen molar-refractivity contribution in [3.63, 3.8) is 0 Å². The average molecular weight is 506 g/mol. The number of carbonyl (C=O) groups excluding carboxylic acids is 2. The Bertz CT molecular complexity index is 1200. The van der Waals surface area contributed by atoms with Gasteiger partial charge in [-0.3, -0.25) is 14.5 Å². The summed E-state index contributed by atoms with van der Waals surface area (Å²) in [6, 6.07) is 22.5. The highest BCUT2D eigenvalue weighted by Gasteiger charge is 2.42. The van der Waals surface area contributed by atoms with Gasteiger partial charge in [0.2, 0.25) is 5.91 Å². The van der Waals surface area contributed by atoms with E-state index < -0.39 is 6.04 Å². The smallest absolute Gasteiger partial charge is 0.252 e. The maximum atomic E-state index is 13.4. The number of carbonyl (C=O) groups is 2. The Hall–Kier alpha value is -3.78. The Kier molecular flexibility index (Phi) is 8.28. The summed E-state index contributed by atoms with van der Waals surface area (Å²) in [4.78, 5) is 29.7. The summed E-state index contributed by atoms with van der Waals surface area (Å²) in [5.74, 6) is -0.127. The van der Waals surface area contributed by atoms with Crippen LogP contribution in [0.1, 0.15) is 17.5 Å². The molecule has 1 aliphatic rings. The van der Waals surface area contributed by atoms with E-state index in [1.165, 1.54) is 24.3 Å². The number of rotatable bonds is 10.